The molecule has 1 N–H and O–H groups in total. The van der Waals surface area contributed by atoms with Crippen molar-refractivity contribution in [2.24, 2.45) is 0 Å². The van der Waals surface area contributed by atoms with Gasteiger partial charge < -0.3 is 9.55 Å². The Bertz CT molecular complexity index is 600. The van der Waals surface area contributed by atoms with Gasteiger partial charge in [-0.1, -0.05) is 19.1 Å². The molecule has 1 aromatic carbocycles. The standard InChI is InChI=1S/C12H16N2OS2/c1-9(17(2)15)7-8-14-11-6-4-3-5-10(11)13-12(14)16/h3-6,9H,7-8H2,1-2H3,(H,13,16). The van der Waals surface area contributed by atoms with E-state index >= 15 is 0 Å². The van der Waals surface area contributed by atoms with Crippen LogP contribution in [0.1, 0.15) is 13.3 Å². The number of hydrogen-bond donors (Lipinski definition) is 1. The van der Waals surface area contributed by atoms with Gasteiger partial charge in [0.2, 0.25) is 0 Å². The van der Waals surface area contributed by atoms with Crippen LogP contribution in [0.2, 0.25) is 0 Å². The van der Waals surface area contributed by atoms with Gasteiger partial charge in [0.05, 0.1) is 11.0 Å². The van der Waals surface area contributed by atoms with Crippen molar-refractivity contribution in [3.05, 3.63) is 29.0 Å². The first-order valence-electron chi connectivity index (χ1n) is 5.59. The van der Waals surface area contributed by atoms with E-state index < -0.39 is 10.8 Å². The third kappa shape index (κ3) is 2.66. The molecule has 2 atom stereocenters. The van der Waals surface area contributed by atoms with Gasteiger partial charge in [0.25, 0.3) is 0 Å². The molecule has 0 aliphatic rings. The second kappa shape index (κ2) is 5.14. The first-order chi connectivity index (χ1) is 8.09. The number of nitrogens with zero attached hydrogens (tertiary/aromatic N) is 1. The minimum absolute atomic E-state index is 0.200. The first-order valence-corrected chi connectivity index (χ1v) is 7.62. The Hall–Kier alpha value is -0.940. The van der Waals surface area contributed by atoms with Crippen molar-refractivity contribution in [2.75, 3.05) is 6.26 Å². The zero-order valence-corrected chi connectivity index (χ0v) is 11.6. The molecule has 0 aliphatic carbocycles. The molecule has 0 fully saturated rings. The fraction of sp³-hybridized carbons (Fsp3) is 0.417. The Morgan fingerprint density at radius 2 is 2.18 bits per heavy atom. The summed E-state index contributed by atoms with van der Waals surface area (Å²) in [5, 5.41) is 0.200. The summed E-state index contributed by atoms with van der Waals surface area (Å²) in [5.41, 5.74) is 2.18. The van der Waals surface area contributed by atoms with Crippen molar-refractivity contribution in [3.63, 3.8) is 0 Å². The fourth-order valence-corrected chi connectivity index (χ4v) is 2.54. The van der Waals surface area contributed by atoms with Gasteiger partial charge in [0, 0.05) is 28.9 Å². The van der Waals surface area contributed by atoms with E-state index in [0.717, 1.165) is 28.8 Å². The molecular weight excluding hydrogens is 252 g/mol. The summed E-state index contributed by atoms with van der Waals surface area (Å²) in [6.45, 7) is 2.82. The Morgan fingerprint density at radius 3 is 2.88 bits per heavy atom. The van der Waals surface area contributed by atoms with E-state index in [1.54, 1.807) is 6.26 Å². The summed E-state index contributed by atoms with van der Waals surface area (Å²) in [4.78, 5) is 3.18. The molecule has 0 saturated carbocycles. The minimum Gasteiger partial charge on any atom is -0.331 e. The van der Waals surface area contributed by atoms with E-state index in [9.17, 15) is 4.21 Å². The Balaban J connectivity index is 2.27. The molecule has 17 heavy (non-hydrogen) atoms. The molecular formula is C12H16N2OS2. The van der Waals surface area contributed by atoms with Crippen LogP contribution in [0.5, 0.6) is 0 Å². The van der Waals surface area contributed by atoms with Crippen molar-refractivity contribution in [3.8, 4) is 0 Å². The second-order valence-corrected chi connectivity index (χ2v) is 6.39. The zero-order valence-electron chi connectivity index (χ0n) is 9.97. The molecule has 1 heterocycles. The summed E-state index contributed by atoms with van der Waals surface area (Å²) in [5.74, 6) is 0. The third-order valence-electron chi connectivity index (χ3n) is 3.01. The number of imidazole rings is 1. The van der Waals surface area contributed by atoms with Gasteiger partial charge in [-0.3, -0.25) is 4.21 Å². The van der Waals surface area contributed by atoms with Gasteiger partial charge in [-0.2, -0.15) is 0 Å². The Morgan fingerprint density at radius 1 is 1.47 bits per heavy atom. The molecule has 1 aromatic heterocycles. The van der Waals surface area contributed by atoms with Gasteiger partial charge in [0.1, 0.15) is 0 Å². The maximum atomic E-state index is 11.3. The number of hydrogen-bond acceptors (Lipinski definition) is 2. The molecule has 5 heteroatoms. The molecule has 2 rings (SSSR count). The summed E-state index contributed by atoms with van der Waals surface area (Å²) in [7, 11) is -0.770. The SMILES string of the molecule is CC(CCn1c(=S)[nH]c2ccccc21)S(C)=O. The van der Waals surface area contributed by atoms with Gasteiger partial charge in [-0.25, -0.2) is 0 Å². The highest BCUT2D eigenvalue weighted by Gasteiger charge is 2.08. The quantitative estimate of drug-likeness (QED) is 0.866. The molecule has 0 radical (unpaired) electrons. The molecule has 2 unspecified atom stereocenters. The highest BCUT2D eigenvalue weighted by Crippen LogP contribution is 2.15. The van der Waals surface area contributed by atoms with E-state index in [1.165, 1.54) is 0 Å². The summed E-state index contributed by atoms with van der Waals surface area (Å²) >= 11 is 5.30. The van der Waals surface area contributed by atoms with Crippen LogP contribution in [0.25, 0.3) is 11.0 Å². The number of benzene rings is 1. The van der Waals surface area contributed by atoms with E-state index in [4.69, 9.17) is 12.2 Å². The number of nitrogens with one attached hydrogen (secondary N) is 1. The van der Waals surface area contributed by atoms with Gasteiger partial charge >= 0.3 is 0 Å². The number of aromatic nitrogens is 2. The Kier molecular flexibility index (Phi) is 3.79. The number of aromatic amines is 1. The van der Waals surface area contributed by atoms with Gasteiger partial charge in [-0.15, -0.1) is 0 Å². The van der Waals surface area contributed by atoms with Crippen LogP contribution in [0, 0.1) is 4.77 Å². The summed E-state index contributed by atoms with van der Waals surface area (Å²) in [6, 6.07) is 8.06. The largest absolute Gasteiger partial charge is 0.331 e. The molecule has 0 bridgehead atoms. The lowest BCUT2D eigenvalue weighted by Gasteiger charge is -2.09. The van der Waals surface area contributed by atoms with Crippen molar-refractivity contribution >= 4 is 34.1 Å². The monoisotopic (exact) mass is 268 g/mol. The lowest BCUT2D eigenvalue weighted by atomic mass is 10.3. The van der Waals surface area contributed by atoms with E-state index in [-0.39, 0.29) is 5.25 Å². The molecule has 0 saturated heterocycles. The van der Waals surface area contributed by atoms with Crippen molar-refractivity contribution in [2.45, 2.75) is 25.1 Å². The van der Waals surface area contributed by atoms with E-state index in [2.05, 4.69) is 15.6 Å². The number of H-pyrrole nitrogens is 1. The summed E-state index contributed by atoms with van der Waals surface area (Å²) < 4.78 is 14.1. The van der Waals surface area contributed by atoms with E-state index in [1.807, 2.05) is 25.1 Å². The predicted molar refractivity (Wildman–Crippen MR) is 75.3 cm³/mol. The minimum atomic E-state index is -0.770. The molecule has 0 amide bonds. The number of rotatable bonds is 4. The molecule has 0 aliphatic heterocycles. The van der Waals surface area contributed by atoms with E-state index in [0.29, 0.717) is 0 Å². The van der Waals surface area contributed by atoms with Crippen LogP contribution in [-0.2, 0) is 17.3 Å². The van der Waals surface area contributed by atoms with Crippen LogP contribution in [0.4, 0.5) is 0 Å². The van der Waals surface area contributed by atoms with Crippen molar-refractivity contribution in [1.29, 1.82) is 0 Å². The highest BCUT2D eigenvalue weighted by molar-refractivity contribution is 7.84. The number of fused-ring (bicyclic) bond motifs is 1. The molecule has 0 spiro atoms. The summed E-state index contributed by atoms with van der Waals surface area (Å²) in [6.07, 6.45) is 2.62. The average molecular weight is 268 g/mol. The lowest BCUT2D eigenvalue weighted by Crippen LogP contribution is -2.12. The fourth-order valence-electron chi connectivity index (χ4n) is 1.81. The average Bonchev–Trinajstić information content (AvgIpc) is 2.61. The highest BCUT2D eigenvalue weighted by atomic mass is 32.2. The molecule has 2 aromatic rings. The van der Waals surface area contributed by atoms with Crippen LogP contribution in [0.3, 0.4) is 0 Å². The third-order valence-corrected chi connectivity index (χ3v) is 4.70. The molecule has 92 valence electrons. The normalized spacial score (nSPS) is 14.9. The lowest BCUT2D eigenvalue weighted by molar-refractivity contribution is 0.625. The van der Waals surface area contributed by atoms with Crippen molar-refractivity contribution < 1.29 is 4.21 Å². The van der Waals surface area contributed by atoms with Crippen LogP contribution < -0.4 is 0 Å². The number of aryl methyl sites for hydroxylation is 1. The van der Waals surface area contributed by atoms with Crippen LogP contribution in [-0.4, -0.2) is 25.3 Å². The predicted octanol–water partition coefficient (Wildman–Crippen LogP) is 2.86. The topological polar surface area (TPSA) is 37.8 Å². The first kappa shape index (κ1) is 12.5. The van der Waals surface area contributed by atoms with Crippen molar-refractivity contribution in [1.82, 2.24) is 9.55 Å². The maximum Gasteiger partial charge on any atom is 0.178 e. The zero-order chi connectivity index (χ0) is 12.4. The second-order valence-electron chi connectivity index (χ2n) is 4.20. The number of para-hydroxylation sites is 2. The smallest absolute Gasteiger partial charge is 0.178 e. The van der Waals surface area contributed by atoms with Gasteiger partial charge in [-0.05, 0) is 30.8 Å². The molecule has 3 nitrogen and oxygen atoms in total. The van der Waals surface area contributed by atoms with Crippen LogP contribution >= 0.6 is 12.2 Å². The Labute approximate surface area is 108 Å². The van der Waals surface area contributed by atoms with Crippen LogP contribution in [0.15, 0.2) is 24.3 Å². The maximum absolute atomic E-state index is 11.3. The van der Waals surface area contributed by atoms with Gasteiger partial charge in [0.15, 0.2) is 4.77 Å².